The molecule has 1 rings (SSSR count). The van der Waals surface area contributed by atoms with Gasteiger partial charge >= 0.3 is 0 Å². The fourth-order valence-electron chi connectivity index (χ4n) is 1.08. The Labute approximate surface area is 91.4 Å². The molecule has 4 nitrogen and oxygen atoms in total. The highest BCUT2D eigenvalue weighted by molar-refractivity contribution is 5.93. The smallest absolute Gasteiger partial charge is 0.226 e. The van der Waals surface area contributed by atoms with Crippen molar-refractivity contribution < 1.29 is 18.3 Å². The monoisotopic (exact) mass is 230 g/mol. The van der Waals surface area contributed by atoms with Crippen LogP contribution in [-0.2, 0) is 9.53 Å². The predicted molar refractivity (Wildman–Crippen MR) is 55.9 cm³/mol. The molecule has 0 aliphatic carbocycles. The van der Waals surface area contributed by atoms with Crippen molar-refractivity contribution in [3.63, 3.8) is 0 Å². The van der Waals surface area contributed by atoms with Crippen molar-refractivity contribution in [2.45, 2.75) is 6.42 Å². The number of hydrogen-bond donors (Lipinski definition) is 2. The van der Waals surface area contributed by atoms with Crippen LogP contribution in [0.15, 0.2) is 12.1 Å². The second kappa shape index (κ2) is 5.41. The second-order valence-electron chi connectivity index (χ2n) is 3.11. The van der Waals surface area contributed by atoms with Gasteiger partial charge < -0.3 is 15.8 Å². The van der Waals surface area contributed by atoms with Crippen LogP contribution in [0.4, 0.5) is 20.2 Å². The molecule has 0 saturated carbocycles. The Morgan fingerprint density at radius 2 is 2.19 bits per heavy atom. The highest BCUT2D eigenvalue weighted by Crippen LogP contribution is 2.23. The van der Waals surface area contributed by atoms with Crippen LogP contribution in [0, 0.1) is 11.6 Å². The van der Waals surface area contributed by atoms with Gasteiger partial charge in [-0.15, -0.1) is 0 Å². The van der Waals surface area contributed by atoms with Gasteiger partial charge in [0.25, 0.3) is 0 Å². The van der Waals surface area contributed by atoms with Gasteiger partial charge in [-0.05, 0) is 12.1 Å². The van der Waals surface area contributed by atoms with Gasteiger partial charge in [-0.2, -0.15) is 0 Å². The molecule has 3 N–H and O–H groups in total. The van der Waals surface area contributed by atoms with Crippen LogP contribution >= 0.6 is 0 Å². The summed E-state index contributed by atoms with van der Waals surface area (Å²) < 4.78 is 30.4. The Balaban J connectivity index is 2.74. The molecular weight excluding hydrogens is 218 g/mol. The first-order valence-corrected chi connectivity index (χ1v) is 4.58. The third-order valence-electron chi connectivity index (χ3n) is 1.94. The van der Waals surface area contributed by atoms with Gasteiger partial charge in [-0.1, -0.05) is 0 Å². The fourth-order valence-corrected chi connectivity index (χ4v) is 1.08. The molecule has 88 valence electrons. The second-order valence-corrected chi connectivity index (χ2v) is 3.11. The van der Waals surface area contributed by atoms with Gasteiger partial charge in [0.05, 0.1) is 24.4 Å². The Bertz CT molecular complexity index is 397. The van der Waals surface area contributed by atoms with E-state index in [0.717, 1.165) is 6.07 Å². The van der Waals surface area contributed by atoms with Gasteiger partial charge in [0, 0.05) is 7.11 Å². The number of halogens is 2. The van der Waals surface area contributed by atoms with Crippen LogP contribution in [0.2, 0.25) is 0 Å². The number of nitrogens with two attached hydrogens (primary N) is 1. The maximum atomic E-state index is 13.0. The third kappa shape index (κ3) is 2.90. The maximum Gasteiger partial charge on any atom is 0.226 e. The van der Waals surface area contributed by atoms with E-state index in [1.54, 1.807) is 0 Å². The minimum Gasteiger partial charge on any atom is -0.395 e. The topological polar surface area (TPSA) is 64.3 Å². The van der Waals surface area contributed by atoms with Crippen LogP contribution in [0.25, 0.3) is 0 Å². The van der Waals surface area contributed by atoms with E-state index in [9.17, 15) is 13.6 Å². The van der Waals surface area contributed by atoms with Crippen LogP contribution < -0.4 is 11.1 Å². The summed E-state index contributed by atoms with van der Waals surface area (Å²) in [6.07, 6.45) is 0.120. The lowest BCUT2D eigenvalue weighted by Crippen LogP contribution is -2.15. The zero-order chi connectivity index (χ0) is 12.1. The molecule has 0 aliphatic heterocycles. The van der Waals surface area contributed by atoms with Crippen molar-refractivity contribution in [3.05, 3.63) is 23.8 Å². The number of methoxy groups -OCH3 is 1. The first-order valence-electron chi connectivity index (χ1n) is 4.58. The summed E-state index contributed by atoms with van der Waals surface area (Å²) in [6, 6.07) is 2.11. The average molecular weight is 230 g/mol. The summed E-state index contributed by atoms with van der Waals surface area (Å²) in [5.74, 6) is -2.59. The molecule has 16 heavy (non-hydrogen) atoms. The number of ether oxygens (including phenoxy) is 1. The van der Waals surface area contributed by atoms with Gasteiger partial charge in [0.2, 0.25) is 5.91 Å². The van der Waals surface area contributed by atoms with Crippen molar-refractivity contribution in [1.82, 2.24) is 0 Å². The number of nitrogen functional groups attached to an aromatic ring is 1. The number of carbonyl (C=O) groups excluding carboxylic acids is 1. The third-order valence-corrected chi connectivity index (χ3v) is 1.94. The molecular formula is C10H12F2N2O2. The molecule has 0 fully saturated rings. The standard InChI is InChI=1S/C10H12F2N2O2/c1-16-5-4-8(15)14-7-3-2-6(11)9(12)10(7)13/h2-3H,4-5,13H2,1H3,(H,14,15). The highest BCUT2D eigenvalue weighted by atomic mass is 19.2. The first kappa shape index (κ1) is 12.4. The van der Waals surface area contributed by atoms with Crippen molar-refractivity contribution in [2.75, 3.05) is 24.8 Å². The van der Waals surface area contributed by atoms with E-state index < -0.39 is 17.3 Å². The van der Waals surface area contributed by atoms with Crippen LogP contribution in [0.5, 0.6) is 0 Å². The molecule has 1 aromatic rings. The number of nitrogens with one attached hydrogen (secondary N) is 1. The van der Waals surface area contributed by atoms with Crippen LogP contribution in [0.1, 0.15) is 6.42 Å². The predicted octanol–water partition coefficient (Wildman–Crippen LogP) is 1.52. The largest absolute Gasteiger partial charge is 0.395 e. The van der Waals surface area contributed by atoms with E-state index in [2.05, 4.69) is 5.32 Å². The maximum absolute atomic E-state index is 13.0. The summed E-state index contributed by atoms with van der Waals surface area (Å²) in [5, 5.41) is 2.36. The molecule has 1 aromatic carbocycles. The highest BCUT2D eigenvalue weighted by Gasteiger charge is 2.12. The molecule has 0 aromatic heterocycles. The van der Waals surface area contributed by atoms with E-state index in [1.165, 1.54) is 13.2 Å². The van der Waals surface area contributed by atoms with E-state index in [1.807, 2.05) is 0 Å². The fraction of sp³-hybridized carbons (Fsp3) is 0.300. The Morgan fingerprint density at radius 3 is 2.81 bits per heavy atom. The number of carbonyl (C=O) groups is 1. The molecule has 0 heterocycles. The lowest BCUT2D eigenvalue weighted by Gasteiger charge is -2.08. The molecule has 0 spiro atoms. The normalized spacial score (nSPS) is 10.2. The average Bonchev–Trinajstić information content (AvgIpc) is 2.27. The molecule has 0 radical (unpaired) electrons. The van der Waals surface area contributed by atoms with Crippen molar-refractivity contribution >= 4 is 17.3 Å². The molecule has 1 amide bonds. The molecule has 0 bridgehead atoms. The Kier molecular flexibility index (Phi) is 4.19. The van der Waals surface area contributed by atoms with Crippen molar-refractivity contribution in [2.24, 2.45) is 0 Å². The molecule has 6 heteroatoms. The summed E-state index contributed by atoms with van der Waals surface area (Å²) >= 11 is 0. The van der Waals surface area contributed by atoms with Crippen LogP contribution in [0.3, 0.4) is 0 Å². The number of rotatable bonds is 4. The summed E-state index contributed by atoms with van der Waals surface area (Å²) in [4.78, 5) is 11.3. The number of hydrogen-bond acceptors (Lipinski definition) is 3. The van der Waals surface area contributed by atoms with Gasteiger partial charge in [0.15, 0.2) is 11.6 Å². The Hall–Kier alpha value is -1.69. The summed E-state index contributed by atoms with van der Waals surface area (Å²) in [7, 11) is 1.46. The van der Waals surface area contributed by atoms with E-state index >= 15 is 0 Å². The lowest BCUT2D eigenvalue weighted by atomic mass is 10.2. The van der Waals surface area contributed by atoms with Gasteiger partial charge in [-0.3, -0.25) is 4.79 Å². The minimum atomic E-state index is -1.16. The Morgan fingerprint density at radius 1 is 1.50 bits per heavy atom. The summed E-state index contributed by atoms with van der Waals surface area (Å²) in [5.41, 5.74) is 4.94. The van der Waals surface area contributed by atoms with Crippen molar-refractivity contribution in [1.29, 1.82) is 0 Å². The first-order chi connectivity index (χ1) is 7.56. The zero-order valence-electron chi connectivity index (χ0n) is 8.72. The number of amides is 1. The van der Waals surface area contributed by atoms with E-state index in [4.69, 9.17) is 10.5 Å². The van der Waals surface area contributed by atoms with Crippen molar-refractivity contribution in [3.8, 4) is 0 Å². The quantitative estimate of drug-likeness (QED) is 0.771. The number of anilines is 2. The summed E-state index contributed by atoms with van der Waals surface area (Å²) in [6.45, 7) is 0.245. The zero-order valence-corrected chi connectivity index (χ0v) is 8.72. The van der Waals surface area contributed by atoms with Gasteiger partial charge in [-0.25, -0.2) is 8.78 Å². The van der Waals surface area contributed by atoms with Crippen LogP contribution in [-0.4, -0.2) is 19.6 Å². The SMILES string of the molecule is COCCC(=O)Nc1ccc(F)c(F)c1N. The minimum absolute atomic E-state index is 0.0556. The van der Waals surface area contributed by atoms with E-state index in [-0.39, 0.29) is 24.6 Å². The lowest BCUT2D eigenvalue weighted by molar-refractivity contribution is -0.117. The molecule has 0 saturated heterocycles. The molecule has 0 unspecified atom stereocenters. The van der Waals surface area contributed by atoms with Gasteiger partial charge in [0.1, 0.15) is 0 Å². The van der Waals surface area contributed by atoms with E-state index in [0.29, 0.717) is 0 Å². The molecule has 0 atom stereocenters. The number of benzene rings is 1. The molecule has 0 aliphatic rings.